The Labute approximate surface area is 431 Å². The maximum Gasteiger partial charge on any atom is 0.345 e. The minimum absolute atomic E-state index is 0.00126. The van der Waals surface area contributed by atoms with Gasteiger partial charge in [0.25, 0.3) is 5.91 Å². The number of carbonyl (C=O) groups is 4. The Morgan fingerprint density at radius 3 is 1.89 bits per heavy atom. The van der Waals surface area contributed by atoms with E-state index >= 15 is 4.79 Å². The number of carbonyl (C=O) groups excluding carboxylic acids is 3. The van der Waals surface area contributed by atoms with E-state index < -0.39 is 94.4 Å². The molecule has 1 aliphatic carbocycles. The van der Waals surface area contributed by atoms with Crippen molar-refractivity contribution in [2.45, 2.75) is 244 Å². The van der Waals surface area contributed by atoms with E-state index in [0.29, 0.717) is 38.5 Å². The zero-order valence-corrected chi connectivity index (χ0v) is 49.5. The lowest BCUT2D eigenvalue weighted by molar-refractivity contribution is -0.186. The van der Waals surface area contributed by atoms with Gasteiger partial charge in [0, 0.05) is 52.0 Å². The molecule has 3 rings (SSSR count). The number of carboxylic acid groups (broad SMARTS) is 1. The standard InChI is InChI=1S/C55H99NO13Si2/c1-20-40-28-34(2)27-35(3)29-46(65-14)48(58)47(66-15)31-37(5)55(63,52(61)62)51(60)56-26-22-21-23-41(56)50(59)67-49(38(6)44(33-42(40)57)69-71(18,19)54(10,11)12)36(4)30-39-24-25-43(45(32-39)64-13)68-70(16,17)53(7,8)9/h28,30,35,37-41,43-49,58,63H,20-27,29,31-33H2,1-19H3,(H,61,62)/b34-28+,36-30+/t35-,37+,38+,39-,40+,41-,43+,44-,45+,46-,47-,48+,49+,55+/m0/s1. The minimum atomic E-state index is -2.98. The molecule has 0 unspecified atom stereocenters. The highest BCUT2D eigenvalue weighted by atomic mass is 28.4. The van der Waals surface area contributed by atoms with Gasteiger partial charge in [0.1, 0.15) is 24.0 Å². The fraction of sp³-hybridized carbons (Fsp3) is 0.855. The highest BCUT2D eigenvalue weighted by Crippen LogP contribution is 2.43. The van der Waals surface area contributed by atoms with E-state index in [1.54, 1.807) is 7.11 Å². The number of rotatable bonds is 11. The van der Waals surface area contributed by atoms with Gasteiger partial charge in [-0.3, -0.25) is 9.59 Å². The predicted molar refractivity (Wildman–Crippen MR) is 284 cm³/mol. The Kier molecular flexibility index (Phi) is 23.1. The molecule has 0 spiro atoms. The molecule has 0 aromatic rings. The first-order valence-electron chi connectivity index (χ1n) is 26.7. The third-order valence-electron chi connectivity index (χ3n) is 17.2. The number of hydrogen-bond acceptors (Lipinski definition) is 12. The summed E-state index contributed by atoms with van der Waals surface area (Å²) in [7, 11) is -0.0825. The number of methoxy groups -OCH3 is 3. The normalized spacial score (nSPS) is 35.6. The Balaban J connectivity index is 2.29. The summed E-state index contributed by atoms with van der Waals surface area (Å²) in [6, 6.07) is -1.21. The molecule has 0 aromatic carbocycles. The Hall–Kier alpha value is -2.29. The molecule has 2 heterocycles. The number of aliphatic hydroxyl groups is 2. The molecule has 0 radical (unpaired) electrons. The third kappa shape index (κ3) is 15.9. The number of nitrogens with zero attached hydrogens (tertiary/aromatic N) is 1. The molecule has 3 aliphatic rings. The molecule has 1 amide bonds. The molecule has 2 fully saturated rings. The summed E-state index contributed by atoms with van der Waals surface area (Å²) in [4.78, 5) is 58.9. The van der Waals surface area contributed by atoms with E-state index in [0.717, 1.165) is 24.0 Å². The number of amides is 1. The van der Waals surface area contributed by atoms with Crippen LogP contribution < -0.4 is 0 Å². The topological polar surface area (TPSA) is 188 Å². The lowest BCUT2D eigenvalue weighted by Crippen LogP contribution is -2.63. The molecule has 0 aromatic heterocycles. The maximum atomic E-state index is 15.0. The highest BCUT2D eigenvalue weighted by Gasteiger charge is 2.55. The van der Waals surface area contributed by atoms with Crippen LogP contribution in [0.2, 0.25) is 36.3 Å². The number of ketones is 1. The Morgan fingerprint density at radius 2 is 1.37 bits per heavy atom. The lowest BCUT2D eigenvalue weighted by Gasteiger charge is -2.44. The maximum absolute atomic E-state index is 15.0. The number of ether oxygens (including phenoxy) is 4. The van der Waals surface area contributed by atoms with Gasteiger partial charge >= 0.3 is 11.9 Å². The Morgan fingerprint density at radius 1 is 0.817 bits per heavy atom. The molecule has 410 valence electrons. The van der Waals surface area contributed by atoms with Crippen molar-refractivity contribution in [3.05, 3.63) is 23.3 Å². The van der Waals surface area contributed by atoms with Crippen LogP contribution in [-0.2, 0) is 47.0 Å². The van der Waals surface area contributed by atoms with Gasteiger partial charge in [0.05, 0.1) is 30.5 Å². The fourth-order valence-electron chi connectivity index (χ4n) is 10.5. The van der Waals surface area contributed by atoms with E-state index in [9.17, 15) is 29.7 Å². The fourth-order valence-corrected chi connectivity index (χ4v) is 13.3. The van der Waals surface area contributed by atoms with Crippen molar-refractivity contribution >= 4 is 40.3 Å². The highest BCUT2D eigenvalue weighted by molar-refractivity contribution is 6.74. The molecule has 3 N–H and O–H groups in total. The molecule has 71 heavy (non-hydrogen) atoms. The zero-order chi connectivity index (χ0) is 54.2. The zero-order valence-electron chi connectivity index (χ0n) is 47.5. The number of piperidine rings is 1. The summed E-state index contributed by atoms with van der Waals surface area (Å²) in [5.41, 5.74) is -1.19. The van der Waals surface area contributed by atoms with E-state index in [1.165, 1.54) is 26.0 Å². The summed E-state index contributed by atoms with van der Waals surface area (Å²) in [5.74, 6) is -5.76. The van der Waals surface area contributed by atoms with Crippen LogP contribution >= 0.6 is 0 Å². The summed E-state index contributed by atoms with van der Waals surface area (Å²) in [6.45, 7) is 33.4. The van der Waals surface area contributed by atoms with Gasteiger partial charge < -0.3 is 48.0 Å². The van der Waals surface area contributed by atoms with Crippen LogP contribution in [-0.4, -0.2) is 143 Å². The van der Waals surface area contributed by atoms with Gasteiger partial charge in [-0.25, -0.2) is 9.59 Å². The van der Waals surface area contributed by atoms with Gasteiger partial charge in [0.2, 0.25) is 5.60 Å². The summed E-state index contributed by atoms with van der Waals surface area (Å²) in [6.07, 6.45) is 4.44. The molecule has 1 saturated carbocycles. The summed E-state index contributed by atoms with van der Waals surface area (Å²) >= 11 is 0. The van der Waals surface area contributed by atoms with Crippen LogP contribution in [0.3, 0.4) is 0 Å². The summed E-state index contributed by atoms with van der Waals surface area (Å²) < 4.78 is 38.5. The van der Waals surface area contributed by atoms with Crippen LogP contribution in [0.15, 0.2) is 23.3 Å². The van der Waals surface area contributed by atoms with Crippen molar-refractivity contribution in [1.29, 1.82) is 0 Å². The van der Waals surface area contributed by atoms with Crippen molar-refractivity contribution in [2.75, 3.05) is 27.9 Å². The van der Waals surface area contributed by atoms with Crippen LogP contribution in [0.5, 0.6) is 0 Å². The lowest BCUT2D eigenvalue weighted by atomic mass is 9.80. The first-order chi connectivity index (χ1) is 32.7. The second kappa shape index (κ2) is 26.0. The quantitative estimate of drug-likeness (QED) is 0.0769. The van der Waals surface area contributed by atoms with Gasteiger partial charge in [-0.15, -0.1) is 0 Å². The van der Waals surface area contributed by atoms with E-state index in [2.05, 4.69) is 79.9 Å². The number of cyclic esters (lactones) is 1. The first kappa shape index (κ1) is 63.0. The van der Waals surface area contributed by atoms with Gasteiger partial charge in [-0.2, -0.15) is 0 Å². The first-order valence-corrected chi connectivity index (χ1v) is 32.5. The van der Waals surface area contributed by atoms with E-state index in [-0.39, 0.29) is 65.7 Å². The number of Topliss-reactive ketones (excluding diaryl/α,β-unsaturated/α-hetero) is 1. The van der Waals surface area contributed by atoms with Gasteiger partial charge in [0.15, 0.2) is 16.6 Å². The van der Waals surface area contributed by atoms with E-state index in [4.69, 9.17) is 27.8 Å². The van der Waals surface area contributed by atoms with E-state index in [1.807, 2.05) is 34.6 Å². The van der Waals surface area contributed by atoms with Crippen LogP contribution in [0.4, 0.5) is 0 Å². The van der Waals surface area contributed by atoms with Crippen molar-refractivity contribution in [3.63, 3.8) is 0 Å². The average Bonchev–Trinajstić information content (AvgIpc) is 3.28. The number of allylic oxidation sites excluding steroid dienone is 3. The number of carboxylic acids is 1. The second-order valence-corrected chi connectivity index (χ2v) is 34.3. The van der Waals surface area contributed by atoms with Crippen molar-refractivity contribution in [3.8, 4) is 0 Å². The average molecular weight is 1040 g/mol. The summed E-state index contributed by atoms with van der Waals surface area (Å²) in [5, 5.41) is 34.4. The molecular weight excluding hydrogens is 939 g/mol. The smallest absolute Gasteiger partial charge is 0.345 e. The molecule has 2 aliphatic heterocycles. The minimum Gasteiger partial charge on any atom is -0.479 e. The molecule has 14 nitrogen and oxygen atoms in total. The predicted octanol–water partition coefficient (Wildman–Crippen LogP) is 10.1. The van der Waals surface area contributed by atoms with Crippen LogP contribution in [0, 0.1) is 29.6 Å². The van der Waals surface area contributed by atoms with Crippen LogP contribution in [0.25, 0.3) is 0 Å². The van der Waals surface area contributed by atoms with Gasteiger partial charge in [-0.1, -0.05) is 87.0 Å². The number of fused-ring (bicyclic) bond motifs is 1. The molecular formula is C55H99NO13Si2. The second-order valence-electron chi connectivity index (χ2n) is 24.8. The largest absolute Gasteiger partial charge is 0.479 e. The number of aliphatic hydroxyl groups excluding tert-OH is 1. The molecule has 16 heteroatoms. The molecule has 0 bridgehead atoms. The van der Waals surface area contributed by atoms with Crippen molar-refractivity contribution < 1.29 is 62.3 Å². The van der Waals surface area contributed by atoms with Crippen LogP contribution in [0.1, 0.15) is 154 Å². The number of aliphatic carboxylic acids is 1. The molecule has 14 atom stereocenters. The van der Waals surface area contributed by atoms with Gasteiger partial charge in [-0.05, 0) is 132 Å². The van der Waals surface area contributed by atoms with Crippen molar-refractivity contribution in [1.82, 2.24) is 4.90 Å². The third-order valence-corrected chi connectivity index (χ3v) is 26.2. The SMILES string of the molecule is CC[C@@H]1/C=C(\C)C[C@H](C)C[C@H](OC)[C@@H](O)[C@@H](OC)C[C@@H](C)[C@](O)(C(=O)O)C(=O)N2CCCC[C@H]2C(=O)O[C@H](/C(C)=C/[C@@H]2CC[C@@H](O[Si](C)(C)C(C)(C)C)[C@H](OC)C2)[C@H](C)[C@@H](O[Si](C)(C)C(C)(C)C)CC1=O. The molecule has 1 saturated heterocycles. The Bertz CT molecular complexity index is 1840. The monoisotopic (exact) mass is 1040 g/mol. The van der Waals surface area contributed by atoms with Crippen molar-refractivity contribution in [2.24, 2.45) is 29.6 Å². The number of hydrogen-bond donors (Lipinski definition) is 3. The number of esters is 1.